The lowest BCUT2D eigenvalue weighted by molar-refractivity contribution is 0.112. The van der Waals surface area contributed by atoms with Gasteiger partial charge in [0.05, 0.1) is 11.9 Å². The normalized spacial score (nSPS) is 11.4. The van der Waals surface area contributed by atoms with Crippen molar-refractivity contribution in [1.29, 1.82) is 0 Å². The molecule has 0 fully saturated rings. The number of sulfonamides is 1. The van der Waals surface area contributed by atoms with Crippen LogP contribution in [0.5, 0.6) is 0 Å². The molecule has 3 aromatic rings. The minimum Gasteiger partial charge on any atom is -0.422 e. The Bertz CT molecular complexity index is 1090. The number of carbonyl (C=O) groups excluding carboxylic acids is 1. The Balaban J connectivity index is 2.33. The van der Waals surface area contributed by atoms with Crippen molar-refractivity contribution in [2.75, 3.05) is 11.0 Å². The third-order valence-corrected chi connectivity index (χ3v) is 4.03. The Morgan fingerprint density at radius 2 is 1.79 bits per heavy atom. The molecule has 2 aromatic carbocycles. The molecule has 0 radical (unpaired) electrons. The molecule has 0 aliphatic heterocycles. The van der Waals surface area contributed by atoms with Crippen LogP contribution in [0.4, 0.5) is 5.69 Å². The molecule has 0 aliphatic carbocycles. The van der Waals surface area contributed by atoms with Crippen molar-refractivity contribution in [2.45, 2.75) is 0 Å². The first kappa shape index (κ1) is 15.9. The van der Waals surface area contributed by atoms with Crippen LogP contribution in [0.3, 0.4) is 0 Å². The molecule has 0 saturated heterocycles. The molecule has 122 valence electrons. The standard InChI is InChI=1S/C17H13NO5S/c1-24(21,22)18-12-7-8-13-15(9-12)23-17(20)14(10-19)16(13)11-5-3-2-4-6-11/h2-10,18H,1H3. The molecule has 0 unspecified atom stereocenters. The summed E-state index contributed by atoms with van der Waals surface area (Å²) < 4.78 is 30.2. The molecule has 3 rings (SSSR count). The molecule has 0 spiro atoms. The first-order valence-corrected chi connectivity index (χ1v) is 8.87. The van der Waals surface area contributed by atoms with E-state index in [2.05, 4.69) is 4.72 Å². The maximum atomic E-state index is 12.1. The summed E-state index contributed by atoms with van der Waals surface area (Å²) in [6.07, 6.45) is 1.49. The number of carbonyl (C=O) groups is 1. The number of benzene rings is 2. The van der Waals surface area contributed by atoms with Gasteiger partial charge in [0, 0.05) is 17.0 Å². The van der Waals surface area contributed by atoms with Crippen LogP contribution in [0.15, 0.2) is 57.7 Å². The van der Waals surface area contributed by atoms with Crippen LogP contribution in [0.1, 0.15) is 10.4 Å². The quantitative estimate of drug-likeness (QED) is 0.580. The minimum atomic E-state index is -3.46. The molecular weight excluding hydrogens is 330 g/mol. The summed E-state index contributed by atoms with van der Waals surface area (Å²) in [5, 5.41) is 0.543. The van der Waals surface area contributed by atoms with Crippen molar-refractivity contribution in [2.24, 2.45) is 0 Å². The molecule has 7 heteroatoms. The van der Waals surface area contributed by atoms with Crippen LogP contribution >= 0.6 is 0 Å². The lowest BCUT2D eigenvalue weighted by Gasteiger charge is -2.10. The van der Waals surface area contributed by atoms with Crippen LogP contribution in [0, 0.1) is 0 Å². The van der Waals surface area contributed by atoms with E-state index in [1.165, 1.54) is 6.07 Å². The monoisotopic (exact) mass is 343 g/mol. The summed E-state index contributed by atoms with van der Waals surface area (Å²) in [5.74, 6) is 0. The van der Waals surface area contributed by atoms with Gasteiger partial charge in [0.2, 0.25) is 10.0 Å². The van der Waals surface area contributed by atoms with E-state index in [9.17, 15) is 18.0 Å². The molecule has 0 bridgehead atoms. The molecule has 0 aliphatic rings. The van der Waals surface area contributed by atoms with E-state index in [-0.39, 0.29) is 16.8 Å². The largest absolute Gasteiger partial charge is 0.422 e. The van der Waals surface area contributed by atoms with E-state index in [1.807, 2.05) is 6.07 Å². The van der Waals surface area contributed by atoms with Gasteiger partial charge in [-0.25, -0.2) is 13.2 Å². The van der Waals surface area contributed by atoms with Crippen molar-refractivity contribution in [3.63, 3.8) is 0 Å². The zero-order valence-electron chi connectivity index (χ0n) is 12.6. The molecule has 0 saturated carbocycles. The van der Waals surface area contributed by atoms with Gasteiger partial charge in [-0.3, -0.25) is 9.52 Å². The van der Waals surface area contributed by atoms with Gasteiger partial charge in [0.1, 0.15) is 11.1 Å². The highest BCUT2D eigenvalue weighted by molar-refractivity contribution is 7.92. The van der Waals surface area contributed by atoms with Gasteiger partial charge in [-0.15, -0.1) is 0 Å². The zero-order chi connectivity index (χ0) is 17.3. The predicted molar refractivity (Wildman–Crippen MR) is 91.8 cm³/mol. The van der Waals surface area contributed by atoms with E-state index < -0.39 is 15.6 Å². The van der Waals surface area contributed by atoms with Crippen LogP contribution in [0.25, 0.3) is 22.1 Å². The Hall–Kier alpha value is -2.93. The fourth-order valence-electron chi connectivity index (χ4n) is 2.52. The Labute approximate surface area is 137 Å². The van der Waals surface area contributed by atoms with Gasteiger partial charge in [-0.2, -0.15) is 0 Å². The average Bonchev–Trinajstić information content (AvgIpc) is 2.52. The second-order valence-corrected chi connectivity index (χ2v) is 7.00. The van der Waals surface area contributed by atoms with E-state index in [4.69, 9.17) is 4.42 Å². The van der Waals surface area contributed by atoms with Gasteiger partial charge < -0.3 is 4.42 Å². The maximum absolute atomic E-state index is 12.1. The molecule has 0 amide bonds. The summed E-state index contributed by atoms with van der Waals surface area (Å²) in [5.41, 5.74) is 0.776. The number of nitrogens with one attached hydrogen (secondary N) is 1. The van der Waals surface area contributed by atoms with Crippen LogP contribution in [-0.2, 0) is 10.0 Å². The van der Waals surface area contributed by atoms with Crippen molar-refractivity contribution < 1.29 is 17.6 Å². The molecule has 1 aromatic heterocycles. The predicted octanol–water partition coefficient (Wildman–Crippen LogP) is 2.64. The summed E-state index contributed by atoms with van der Waals surface area (Å²) >= 11 is 0. The van der Waals surface area contributed by atoms with Crippen molar-refractivity contribution >= 4 is 33.0 Å². The molecule has 0 atom stereocenters. The number of hydrogen-bond acceptors (Lipinski definition) is 5. The maximum Gasteiger partial charge on any atom is 0.347 e. The summed E-state index contributed by atoms with van der Waals surface area (Å²) in [6, 6.07) is 13.6. The second kappa shape index (κ2) is 5.93. The van der Waals surface area contributed by atoms with Crippen molar-refractivity contribution in [1.82, 2.24) is 0 Å². The fraction of sp³-hybridized carbons (Fsp3) is 0.0588. The zero-order valence-corrected chi connectivity index (χ0v) is 13.5. The summed E-state index contributed by atoms with van der Waals surface area (Å²) in [4.78, 5) is 23.5. The van der Waals surface area contributed by atoms with E-state index in [0.717, 1.165) is 6.26 Å². The second-order valence-electron chi connectivity index (χ2n) is 5.25. The topological polar surface area (TPSA) is 93.5 Å². The number of aldehydes is 1. The Kier molecular flexibility index (Phi) is 3.94. The number of hydrogen-bond donors (Lipinski definition) is 1. The summed E-state index contributed by atoms with van der Waals surface area (Å²) in [7, 11) is -3.46. The number of anilines is 1. The molecule has 6 nitrogen and oxygen atoms in total. The highest BCUT2D eigenvalue weighted by Crippen LogP contribution is 2.31. The lowest BCUT2D eigenvalue weighted by Crippen LogP contribution is -2.11. The highest BCUT2D eigenvalue weighted by atomic mass is 32.2. The van der Waals surface area contributed by atoms with Crippen LogP contribution in [0.2, 0.25) is 0 Å². The van der Waals surface area contributed by atoms with Crippen LogP contribution in [-0.4, -0.2) is 21.0 Å². The smallest absolute Gasteiger partial charge is 0.347 e. The number of rotatable bonds is 4. The lowest BCUT2D eigenvalue weighted by atomic mass is 9.97. The van der Waals surface area contributed by atoms with Gasteiger partial charge in [-0.05, 0) is 17.7 Å². The first-order chi connectivity index (χ1) is 11.4. The van der Waals surface area contributed by atoms with Crippen molar-refractivity contribution in [3.8, 4) is 11.1 Å². The van der Waals surface area contributed by atoms with E-state index >= 15 is 0 Å². The van der Waals surface area contributed by atoms with Crippen LogP contribution < -0.4 is 10.3 Å². The third-order valence-electron chi connectivity index (χ3n) is 3.43. The SMILES string of the molecule is CS(=O)(=O)Nc1ccc2c(-c3ccccc3)c(C=O)c(=O)oc2c1. The van der Waals surface area contributed by atoms with E-state index in [0.29, 0.717) is 22.8 Å². The van der Waals surface area contributed by atoms with Crippen molar-refractivity contribution in [3.05, 3.63) is 64.5 Å². The molecule has 1 N–H and O–H groups in total. The van der Waals surface area contributed by atoms with Gasteiger partial charge in [0.25, 0.3) is 0 Å². The highest BCUT2D eigenvalue weighted by Gasteiger charge is 2.16. The molecule has 24 heavy (non-hydrogen) atoms. The Morgan fingerprint density at radius 3 is 2.42 bits per heavy atom. The molecular formula is C17H13NO5S. The van der Waals surface area contributed by atoms with Gasteiger partial charge >= 0.3 is 5.63 Å². The third kappa shape index (κ3) is 3.07. The molecule has 1 heterocycles. The Morgan fingerprint density at radius 1 is 1.08 bits per heavy atom. The number of fused-ring (bicyclic) bond motifs is 1. The van der Waals surface area contributed by atoms with E-state index in [1.54, 1.807) is 36.4 Å². The first-order valence-electron chi connectivity index (χ1n) is 6.98. The van der Waals surface area contributed by atoms with Gasteiger partial charge in [-0.1, -0.05) is 30.3 Å². The average molecular weight is 343 g/mol. The minimum absolute atomic E-state index is 0.0717. The summed E-state index contributed by atoms with van der Waals surface area (Å²) in [6.45, 7) is 0. The van der Waals surface area contributed by atoms with Gasteiger partial charge in [0.15, 0.2) is 6.29 Å². The fourth-order valence-corrected chi connectivity index (χ4v) is 3.07.